The fraction of sp³-hybridized carbons (Fsp3) is 0.896. The van der Waals surface area contributed by atoms with Crippen LogP contribution in [0.2, 0.25) is 0 Å². The lowest BCUT2D eigenvalue weighted by Crippen LogP contribution is -2.68. The number of aliphatic hydroxyl groups excluding tert-OH is 7. The maximum atomic E-state index is 13.2. The molecule has 19 nitrogen and oxygen atoms in total. The topological polar surface area (TPSA) is 298 Å². The minimum atomic E-state index is -2.13. The minimum Gasteiger partial charge on any atom is -0.479 e. The number of aliphatic hydroxyl groups is 7. The molecule has 0 radical (unpaired) electrons. The molecule has 0 aromatic rings. The van der Waals surface area contributed by atoms with Crippen LogP contribution in [0.4, 0.5) is 0 Å². The van der Waals surface area contributed by atoms with Crippen LogP contribution in [0.5, 0.6) is 0 Å². The second-order valence-corrected chi connectivity index (χ2v) is 23.6. The van der Waals surface area contributed by atoms with E-state index in [4.69, 9.17) is 33.2 Å². The molecule has 0 amide bonds. The van der Waals surface area contributed by atoms with Crippen LogP contribution in [0.3, 0.4) is 0 Å². The Hall–Kier alpha value is -2.37. The molecule has 8 fully saturated rings. The molecule has 9 N–H and O–H groups in total. The van der Waals surface area contributed by atoms with Crippen LogP contribution in [0.25, 0.3) is 0 Å². The zero-order chi connectivity index (χ0) is 48.9. The minimum absolute atomic E-state index is 0.0602. The third-order valence-corrected chi connectivity index (χ3v) is 19.8. The van der Waals surface area contributed by atoms with Crippen molar-refractivity contribution in [1.82, 2.24) is 0 Å². The van der Waals surface area contributed by atoms with E-state index in [2.05, 4.69) is 54.5 Å². The van der Waals surface area contributed by atoms with E-state index in [-0.39, 0.29) is 45.6 Å². The number of fused-ring (bicyclic) bond motifs is 10. The summed E-state index contributed by atoms with van der Waals surface area (Å²) in [6.07, 6.45) is -18.9. The first-order valence-electron chi connectivity index (χ1n) is 24.2. The van der Waals surface area contributed by atoms with Gasteiger partial charge in [0.2, 0.25) is 0 Å². The Labute approximate surface area is 390 Å². The number of hydrogen-bond donors (Lipinski definition) is 9. The van der Waals surface area contributed by atoms with Crippen molar-refractivity contribution >= 4 is 17.9 Å². The molecule has 9 aliphatic rings. The molecule has 0 aromatic heterocycles. The first-order chi connectivity index (χ1) is 31.1. The number of allylic oxidation sites excluding steroid dienone is 2. The van der Waals surface area contributed by atoms with Gasteiger partial charge in [0.25, 0.3) is 0 Å². The van der Waals surface area contributed by atoms with Crippen molar-refractivity contribution in [3.8, 4) is 0 Å². The zero-order valence-electron chi connectivity index (χ0n) is 39.6. The van der Waals surface area contributed by atoms with Crippen LogP contribution in [-0.2, 0) is 47.5 Å². The summed E-state index contributed by atoms with van der Waals surface area (Å²) in [4.78, 5) is 37.9. The Balaban J connectivity index is 0.985. The summed E-state index contributed by atoms with van der Waals surface area (Å²) in [6.45, 7) is 17.3. The molecule has 5 aliphatic carbocycles. The van der Waals surface area contributed by atoms with Crippen molar-refractivity contribution in [3.63, 3.8) is 0 Å². The average Bonchev–Trinajstić information content (AvgIpc) is 3.52. The van der Waals surface area contributed by atoms with Gasteiger partial charge in [-0.3, -0.25) is 4.79 Å². The van der Waals surface area contributed by atoms with Gasteiger partial charge in [0.1, 0.15) is 61.0 Å². The van der Waals surface area contributed by atoms with Crippen molar-refractivity contribution in [1.29, 1.82) is 0 Å². The summed E-state index contributed by atoms with van der Waals surface area (Å²) >= 11 is 0. The summed E-state index contributed by atoms with van der Waals surface area (Å²) < 4.78 is 41.9. The maximum absolute atomic E-state index is 13.2. The van der Waals surface area contributed by atoms with Crippen molar-refractivity contribution in [2.75, 3.05) is 0 Å². The van der Waals surface area contributed by atoms with Gasteiger partial charge in [-0.05, 0) is 105 Å². The van der Waals surface area contributed by atoms with E-state index in [9.17, 15) is 60.3 Å². The Bertz CT molecular complexity index is 2000. The second-order valence-electron chi connectivity index (χ2n) is 23.6. The molecule has 0 unspecified atom stereocenters. The molecule has 67 heavy (non-hydrogen) atoms. The predicted octanol–water partition coefficient (Wildman–Crippen LogP) is 1.37. The number of carbonyl (C=O) groups is 3. The molecular formula is C48H72O19. The number of ether oxygens (including phenoxy) is 7. The fourth-order valence-corrected chi connectivity index (χ4v) is 15.5. The SMILES string of the molecule is C[C@H]1O[C@H](O[C@H]2[C@H](O[C@H]3[C@@H](O[C@H]4CC[C@]5(C)[C@H]6CC=C7[C@@H]8C[C@]9(C)C[C@@H](OC9=O)[C@]8(C)CC[C@@]7(C)[C@]6(C)CC[C@H]5C4(C)C)O[C@H](C(=O)O)[C@@H](O)[C@@H]3O)O[C@H](C(=O)O)[C@@H](O)[C@@H]2O)[C@@H](O)[C@@H](O)[C@@H]1O. The van der Waals surface area contributed by atoms with Gasteiger partial charge in [-0.2, -0.15) is 0 Å². The number of rotatable bonds is 8. The molecule has 4 heterocycles. The lowest BCUT2D eigenvalue weighted by Gasteiger charge is -2.71. The van der Waals surface area contributed by atoms with E-state index < -0.39 is 121 Å². The van der Waals surface area contributed by atoms with Gasteiger partial charge in [0, 0.05) is 11.8 Å². The molecule has 0 spiro atoms. The van der Waals surface area contributed by atoms with Gasteiger partial charge in [-0.1, -0.05) is 53.2 Å². The van der Waals surface area contributed by atoms with E-state index in [1.54, 1.807) is 0 Å². The summed E-state index contributed by atoms with van der Waals surface area (Å²) in [5, 5.41) is 96.4. The summed E-state index contributed by atoms with van der Waals surface area (Å²) in [7, 11) is 0. The number of carboxylic acid groups (broad SMARTS) is 2. The highest BCUT2D eigenvalue weighted by molar-refractivity contribution is 5.79. The molecule has 9 rings (SSSR count). The normalized spacial score (nSPS) is 55.7. The molecule has 0 aromatic carbocycles. The number of esters is 1. The maximum Gasteiger partial charge on any atom is 0.335 e. The van der Waals surface area contributed by atoms with Crippen molar-refractivity contribution in [2.45, 2.75) is 218 Å². The highest BCUT2D eigenvalue weighted by atomic mass is 16.8. The van der Waals surface area contributed by atoms with Crippen LogP contribution in [0.15, 0.2) is 11.6 Å². The Morgan fingerprint density at radius 1 is 0.627 bits per heavy atom. The second kappa shape index (κ2) is 16.6. The first kappa shape index (κ1) is 49.6. The largest absolute Gasteiger partial charge is 0.479 e. The van der Waals surface area contributed by atoms with Gasteiger partial charge in [-0.25, -0.2) is 9.59 Å². The Morgan fingerprint density at radius 3 is 1.81 bits per heavy atom. The van der Waals surface area contributed by atoms with Crippen LogP contribution >= 0.6 is 0 Å². The van der Waals surface area contributed by atoms with Crippen molar-refractivity contribution in [2.24, 2.45) is 50.2 Å². The van der Waals surface area contributed by atoms with E-state index in [1.165, 1.54) is 12.5 Å². The number of carbonyl (C=O) groups excluding carboxylic acids is 1. The van der Waals surface area contributed by atoms with Crippen LogP contribution in [-0.4, -0.2) is 168 Å². The molecular weight excluding hydrogens is 881 g/mol. The van der Waals surface area contributed by atoms with Gasteiger partial charge in [0.05, 0.1) is 17.6 Å². The Morgan fingerprint density at radius 2 is 1.21 bits per heavy atom. The summed E-state index contributed by atoms with van der Waals surface area (Å²) in [6, 6.07) is 0. The van der Waals surface area contributed by atoms with Crippen molar-refractivity contribution in [3.05, 3.63) is 11.6 Å². The molecule has 4 saturated heterocycles. The molecule has 4 saturated carbocycles. The molecule has 4 aliphatic heterocycles. The summed E-state index contributed by atoms with van der Waals surface area (Å²) in [5.74, 6) is -2.74. The molecule has 378 valence electrons. The number of hydrogen-bond acceptors (Lipinski definition) is 17. The van der Waals surface area contributed by atoms with Gasteiger partial charge < -0.3 is 79.1 Å². The lowest BCUT2D eigenvalue weighted by molar-refractivity contribution is -0.392. The average molecular weight is 953 g/mol. The highest BCUT2D eigenvalue weighted by Crippen LogP contribution is 2.76. The van der Waals surface area contributed by atoms with Crippen LogP contribution in [0, 0.1) is 50.2 Å². The first-order valence-corrected chi connectivity index (χ1v) is 24.2. The van der Waals surface area contributed by atoms with Gasteiger partial charge >= 0.3 is 17.9 Å². The number of carboxylic acids is 2. The van der Waals surface area contributed by atoms with Crippen LogP contribution < -0.4 is 0 Å². The molecule has 2 bridgehead atoms. The molecule has 25 atom stereocenters. The van der Waals surface area contributed by atoms with Crippen molar-refractivity contribution < 1.29 is 93.5 Å². The predicted molar refractivity (Wildman–Crippen MR) is 228 cm³/mol. The van der Waals surface area contributed by atoms with E-state index in [0.29, 0.717) is 12.3 Å². The van der Waals surface area contributed by atoms with Gasteiger partial charge in [0.15, 0.2) is 31.1 Å². The Kier molecular flexibility index (Phi) is 12.3. The smallest absolute Gasteiger partial charge is 0.335 e. The quantitative estimate of drug-likeness (QED) is 0.0943. The third kappa shape index (κ3) is 7.25. The van der Waals surface area contributed by atoms with E-state index >= 15 is 0 Å². The fourth-order valence-electron chi connectivity index (χ4n) is 15.5. The highest BCUT2D eigenvalue weighted by Gasteiger charge is 2.71. The molecule has 19 heteroatoms. The summed E-state index contributed by atoms with van der Waals surface area (Å²) in [5.41, 5.74) is -0.0229. The van der Waals surface area contributed by atoms with E-state index in [0.717, 1.165) is 51.4 Å². The monoisotopic (exact) mass is 952 g/mol. The third-order valence-electron chi connectivity index (χ3n) is 19.8. The van der Waals surface area contributed by atoms with Gasteiger partial charge in [-0.15, -0.1) is 0 Å². The number of aliphatic carboxylic acids is 2. The van der Waals surface area contributed by atoms with E-state index in [1.807, 2.05) is 0 Å². The van der Waals surface area contributed by atoms with Crippen LogP contribution in [0.1, 0.15) is 113 Å². The lowest BCUT2D eigenvalue weighted by atomic mass is 9.33. The zero-order valence-corrected chi connectivity index (χ0v) is 39.6. The standard InChI is InChI=1S/C48H72O19/c1-19-26(49)27(50)32(55)39(61-19)66-36-31(54)29(52)34(38(58)59)65-41(36)67-35-30(53)28(51)33(37(56)57)64-40(35)62-24-12-13-46(6)22(43(24,2)3)11-14-48(8)23(46)10-9-20-21-17-44(4)18-25(63-42(44)60)45(21,5)15-16-47(20,48)7/h9,19,21-36,39-41,49-55H,10-18H2,1-8H3,(H,56,57)(H,58,59)/t19-,21+,22+,23-,24+,25-,26-,27+,28+,29+,30+,31+,32+,33+,34+,35-,36-,39-,40+,41+,44-,45-,46+,47-,48-/m1/s1.